The van der Waals surface area contributed by atoms with Crippen molar-refractivity contribution in [1.82, 2.24) is 0 Å². The molecule has 0 radical (unpaired) electrons. The Bertz CT molecular complexity index is 161. The number of hydrogen-bond acceptors (Lipinski definition) is 3. The number of carbonyl (C=O) groups excluding carboxylic acids is 1. The molecule has 0 aliphatic carbocycles. The van der Waals surface area contributed by atoms with Crippen molar-refractivity contribution in [2.24, 2.45) is 0 Å². The van der Waals surface area contributed by atoms with E-state index in [1.165, 1.54) is 6.92 Å². The topological polar surface area (TPSA) is 35.5 Å². The van der Waals surface area contributed by atoms with E-state index in [-0.39, 0.29) is 12.1 Å². The maximum Gasteiger partial charge on any atom is 0.303 e. The Morgan fingerprint density at radius 2 is 2.09 bits per heavy atom. The highest BCUT2D eigenvalue weighted by atomic mass is 16.6. The lowest BCUT2D eigenvalue weighted by Gasteiger charge is -2.13. The molecule has 0 N–H and O–H groups in total. The van der Waals surface area contributed by atoms with Gasteiger partial charge in [0.15, 0.2) is 6.10 Å². The maximum atomic E-state index is 10.5. The van der Waals surface area contributed by atoms with E-state index in [1.54, 1.807) is 20.1 Å². The van der Waals surface area contributed by atoms with Gasteiger partial charge in [0.25, 0.3) is 0 Å². The van der Waals surface area contributed by atoms with Gasteiger partial charge in [-0.05, 0) is 19.9 Å². The Kier molecular flexibility index (Phi) is 4.34. The van der Waals surface area contributed by atoms with E-state index in [0.717, 1.165) is 0 Å². The molecule has 0 amide bonds. The highest BCUT2D eigenvalue weighted by molar-refractivity contribution is 5.66. The summed E-state index contributed by atoms with van der Waals surface area (Å²) in [6, 6.07) is 0. The molecule has 0 saturated carbocycles. The van der Waals surface area contributed by atoms with Crippen LogP contribution in [0.4, 0.5) is 0 Å². The van der Waals surface area contributed by atoms with E-state index in [1.807, 2.05) is 6.92 Å². The highest BCUT2D eigenvalue weighted by Crippen LogP contribution is 2.06. The molecule has 64 valence electrons. The van der Waals surface area contributed by atoms with Crippen LogP contribution in [-0.4, -0.2) is 19.2 Å². The van der Waals surface area contributed by atoms with Gasteiger partial charge >= 0.3 is 5.97 Å². The smallest absolute Gasteiger partial charge is 0.303 e. The number of allylic oxidation sites excluding steroid dienone is 1. The van der Waals surface area contributed by atoms with Crippen molar-refractivity contribution in [3.63, 3.8) is 0 Å². The summed E-state index contributed by atoms with van der Waals surface area (Å²) < 4.78 is 9.81. The molecule has 0 bridgehead atoms. The minimum Gasteiger partial charge on any atom is -0.498 e. The Hall–Kier alpha value is -0.990. The van der Waals surface area contributed by atoms with Crippen LogP contribution in [0.5, 0.6) is 0 Å². The Balaban J connectivity index is 4.00. The lowest BCUT2D eigenvalue weighted by Crippen LogP contribution is -2.15. The summed E-state index contributed by atoms with van der Waals surface area (Å²) in [4.78, 5) is 10.5. The first-order valence-electron chi connectivity index (χ1n) is 3.49. The van der Waals surface area contributed by atoms with Crippen LogP contribution in [0, 0.1) is 0 Å². The normalized spacial score (nSPS) is 14.0. The summed E-state index contributed by atoms with van der Waals surface area (Å²) in [5.41, 5.74) is 0. The van der Waals surface area contributed by atoms with Crippen LogP contribution in [0.3, 0.4) is 0 Å². The second kappa shape index (κ2) is 4.77. The summed E-state index contributed by atoms with van der Waals surface area (Å²) in [5, 5.41) is 0. The molecule has 3 nitrogen and oxygen atoms in total. The molecule has 1 unspecified atom stereocenters. The van der Waals surface area contributed by atoms with Gasteiger partial charge in [-0.25, -0.2) is 0 Å². The predicted octanol–water partition coefficient (Wildman–Crippen LogP) is 1.49. The Morgan fingerprint density at radius 3 is 2.36 bits per heavy atom. The predicted molar refractivity (Wildman–Crippen MR) is 42.0 cm³/mol. The zero-order chi connectivity index (χ0) is 8.85. The Morgan fingerprint density at radius 1 is 1.55 bits per heavy atom. The molecule has 0 aromatic carbocycles. The molecule has 0 rings (SSSR count). The molecule has 11 heavy (non-hydrogen) atoms. The molecule has 0 aliphatic rings. The molecule has 0 aliphatic heterocycles. The second-order valence-corrected chi connectivity index (χ2v) is 2.15. The second-order valence-electron chi connectivity index (χ2n) is 2.15. The van der Waals surface area contributed by atoms with Crippen molar-refractivity contribution in [1.29, 1.82) is 0 Å². The first-order chi connectivity index (χ1) is 5.11. The van der Waals surface area contributed by atoms with Gasteiger partial charge in [-0.15, -0.1) is 0 Å². The van der Waals surface area contributed by atoms with Crippen LogP contribution in [0.1, 0.15) is 20.8 Å². The van der Waals surface area contributed by atoms with Crippen molar-refractivity contribution in [2.75, 3.05) is 7.11 Å². The van der Waals surface area contributed by atoms with Gasteiger partial charge in [0, 0.05) is 6.92 Å². The van der Waals surface area contributed by atoms with E-state index < -0.39 is 0 Å². The number of rotatable bonds is 3. The van der Waals surface area contributed by atoms with Gasteiger partial charge in [-0.3, -0.25) is 4.79 Å². The number of methoxy groups -OCH3 is 1. The van der Waals surface area contributed by atoms with E-state index in [9.17, 15) is 4.79 Å². The van der Waals surface area contributed by atoms with Gasteiger partial charge in [0.1, 0.15) is 5.76 Å². The van der Waals surface area contributed by atoms with Gasteiger partial charge < -0.3 is 9.47 Å². The highest BCUT2D eigenvalue weighted by Gasteiger charge is 2.10. The van der Waals surface area contributed by atoms with Crippen LogP contribution in [0.2, 0.25) is 0 Å². The summed E-state index contributed by atoms with van der Waals surface area (Å²) in [5.74, 6) is 0.370. The molecular formula is C8H14O3. The first-order valence-corrected chi connectivity index (χ1v) is 3.49. The van der Waals surface area contributed by atoms with Gasteiger partial charge in [0.2, 0.25) is 0 Å². The molecule has 0 fully saturated rings. The van der Waals surface area contributed by atoms with Crippen LogP contribution in [0.25, 0.3) is 0 Å². The van der Waals surface area contributed by atoms with Crippen LogP contribution in [-0.2, 0) is 14.3 Å². The van der Waals surface area contributed by atoms with Crippen molar-refractivity contribution >= 4 is 5.97 Å². The van der Waals surface area contributed by atoms with Gasteiger partial charge in [-0.1, -0.05) is 0 Å². The molecule has 3 heteroatoms. The maximum absolute atomic E-state index is 10.5. The summed E-state index contributed by atoms with van der Waals surface area (Å²) in [6.45, 7) is 4.97. The lowest BCUT2D eigenvalue weighted by atomic mass is 10.3. The Labute approximate surface area is 67.0 Å². The van der Waals surface area contributed by atoms with Crippen molar-refractivity contribution in [2.45, 2.75) is 26.9 Å². The van der Waals surface area contributed by atoms with E-state index >= 15 is 0 Å². The molecule has 0 heterocycles. The minimum atomic E-state index is -0.297. The zero-order valence-corrected chi connectivity index (χ0v) is 7.38. The summed E-state index contributed by atoms with van der Waals surface area (Å²) in [7, 11) is 1.55. The molecule has 0 saturated heterocycles. The van der Waals surface area contributed by atoms with Crippen LogP contribution >= 0.6 is 0 Å². The third-order valence-corrected chi connectivity index (χ3v) is 1.26. The largest absolute Gasteiger partial charge is 0.498 e. The van der Waals surface area contributed by atoms with Crippen molar-refractivity contribution in [3.8, 4) is 0 Å². The minimum absolute atomic E-state index is 0.289. The average Bonchev–Trinajstić information content (AvgIpc) is 1.88. The number of ether oxygens (including phenoxy) is 2. The quantitative estimate of drug-likeness (QED) is 0.461. The molecule has 0 spiro atoms. The van der Waals surface area contributed by atoms with Gasteiger partial charge in [-0.2, -0.15) is 0 Å². The molecule has 0 aromatic rings. The van der Waals surface area contributed by atoms with E-state index in [0.29, 0.717) is 5.76 Å². The molecular weight excluding hydrogens is 144 g/mol. The first kappa shape index (κ1) is 10.0. The van der Waals surface area contributed by atoms with Gasteiger partial charge in [0.05, 0.1) is 7.11 Å². The molecule has 1 atom stereocenters. The zero-order valence-electron chi connectivity index (χ0n) is 7.38. The van der Waals surface area contributed by atoms with Crippen molar-refractivity contribution < 1.29 is 14.3 Å². The van der Waals surface area contributed by atoms with E-state index in [2.05, 4.69) is 0 Å². The standard InChI is InChI=1S/C8H14O3/c1-5-8(10-4)6(2)11-7(3)9/h5-6H,1-4H3/b8-5-. The fourth-order valence-corrected chi connectivity index (χ4v) is 0.826. The molecule has 0 aromatic heterocycles. The lowest BCUT2D eigenvalue weighted by molar-refractivity contribution is -0.145. The van der Waals surface area contributed by atoms with E-state index in [4.69, 9.17) is 9.47 Å². The number of hydrogen-bond donors (Lipinski definition) is 0. The average molecular weight is 158 g/mol. The number of esters is 1. The summed E-state index contributed by atoms with van der Waals surface area (Å²) >= 11 is 0. The summed E-state index contributed by atoms with van der Waals surface area (Å²) in [6.07, 6.45) is 1.48. The number of carbonyl (C=O) groups is 1. The van der Waals surface area contributed by atoms with Crippen LogP contribution < -0.4 is 0 Å². The van der Waals surface area contributed by atoms with Crippen molar-refractivity contribution in [3.05, 3.63) is 11.8 Å². The fourth-order valence-electron chi connectivity index (χ4n) is 0.826. The fraction of sp³-hybridized carbons (Fsp3) is 0.625. The monoisotopic (exact) mass is 158 g/mol. The SMILES string of the molecule is C/C=C(\OC)C(C)OC(C)=O. The third-order valence-electron chi connectivity index (χ3n) is 1.26. The van der Waals surface area contributed by atoms with Crippen LogP contribution in [0.15, 0.2) is 11.8 Å². The third kappa shape index (κ3) is 3.65.